The molecule has 108 valence electrons. The van der Waals surface area contributed by atoms with Crippen LogP contribution in [-0.2, 0) is 0 Å². The number of halogens is 6. The van der Waals surface area contributed by atoms with Crippen LogP contribution >= 0.6 is 0 Å². The molecule has 1 rings (SSSR count). The van der Waals surface area contributed by atoms with Gasteiger partial charge in [-0.3, -0.25) is 0 Å². The van der Waals surface area contributed by atoms with E-state index >= 15 is 0 Å². The molecule has 1 N–H and O–H groups in total. The molecule has 0 atom stereocenters. The topological polar surface area (TPSA) is 20.2 Å². The second kappa shape index (κ2) is 5.67. The van der Waals surface area contributed by atoms with Crippen LogP contribution in [0, 0.1) is 11.8 Å². The highest BCUT2D eigenvalue weighted by Gasteiger charge is 2.55. The minimum atomic E-state index is -5.23. The molecule has 0 aromatic heterocycles. The molecule has 7 heteroatoms. The maximum atomic E-state index is 12.3. The Kier molecular flexibility index (Phi) is 4.91. The molecule has 1 aliphatic carbocycles. The van der Waals surface area contributed by atoms with Crippen LogP contribution < -0.4 is 0 Å². The third-order valence-corrected chi connectivity index (χ3v) is 3.47. The average Bonchev–Trinajstić information content (AvgIpc) is 2.17. The van der Waals surface area contributed by atoms with Gasteiger partial charge in [-0.25, -0.2) is 0 Å². The van der Waals surface area contributed by atoms with E-state index in [1.165, 1.54) is 0 Å². The monoisotopic (exact) mass is 278 g/mol. The van der Waals surface area contributed by atoms with E-state index in [-0.39, 0.29) is 12.3 Å². The van der Waals surface area contributed by atoms with Crippen LogP contribution in [0.25, 0.3) is 0 Å². The highest BCUT2D eigenvalue weighted by atomic mass is 19.4. The van der Waals surface area contributed by atoms with Crippen molar-refractivity contribution in [2.45, 2.75) is 57.0 Å². The second-order valence-corrected chi connectivity index (χ2v) is 4.89. The summed E-state index contributed by atoms with van der Waals surface area (Å²) in [6.45, 7) is 0. The summed E-state index contributed by atoms with van der Waals surface area (Å²) in [6, 6.07) is 0. The zero-order valence-electron chi connectivity index (χ0n) is 9.69. The first-order valence-electron chi connectivity index (χ1n) is 5.92. The molecular weight excluding hydrogens is 262 g/mol. The molecule has 1 saturated carbocycles. The Balaban J connectivity index is 2.48. The number of rotatable bonds is 3. The van der Waals surface area contributed by atoms with Gasteiger partial charge in [0.2, 0.25) is 0 Å². The summed E-state index contributed by atoms with van der Waals surface area (Å²) < 4.78 is 73.6. The van der Waals surface area contributed by atoms with Gasteiger partial charge in [0.1, 0.15) is 0 Å². The van der Waals surface area contributed by atoms with E-state index in [1.54, 1.807) is 0 Å². The van der Waals surface area contributed by atoms with Crippen LogP contribution in [0.1, 0.15) is 38.5 Å². The molecule has 0 bridgehead atoms. The Morgan fingerprint density at radius 2 is 1.33 bits per heavy atom. The lowest BCUT2D eigenvalue weighted by Crippen LogP contribution is -2.36. The molecule has 18 heavy (non-hydrogen) atoms. The van der Waals surface area contributed by atoms with Crippen LogP contribution in [-0.4, -0.2) is 23.6 Å². The van der Waals surface area contributed by atoms with E-state index in [4.69, 9.17) is 0 Å². The largest absolute Gasteiger partial charge is 0.400 e. The van der Waals surface area contributed by atoms with Gasteiger partial charge < -0.3 is 5.11 Å². The van der Waals surface area contributed by atoms with Gasteiger partial charge in [-0.05, 0) is 44.4 Å². The van der Waals surface area contributed by atoms with Crippen molar-refractivity contribution in [2.24, 2.45) is 11.8 Å². The number of aliphatic hydroxyl groups excluding tert-OH is 1. The molecular formula is C11H16F6O. The zero-order chi connectivity index (χ0) is 14.0. The Hall–Kier alpha value is -0.460. The van der Waals surface area contributed by atoms with Gasteiger partial charge in [0.15, 0.2) is 5.92 Å². The van der Waals surface area contributed by atoms with Crippen molar-refractivity contribution in [3.63, 3.8) is 0 Å². The van der Waals surface area contributed by atoms with Gasteiger partial charge in [-0.1, -0.05) is 0 Å². The normalized spacial score (nSPS) is 26.7. The van der Waals surface area contributed by atoms with Gasteiger partial charge in [0, 0.05) is 0 Å². The van der Waals surface area contributed by atoms with Gasteiger partial charge in [-0.2, -0.15) is 26.3 Å². The molecule has 1 aliphatic rings. The van der Waals surface area contributed by atoms with Gasteiger partial charge in [0.25, 0.3) is 0 Å². The Bertz CT molecular complexity index is 237. The third kappa shape index (κ3) is 4.66. The lowest BCUT2D eigenvalue weighted by Gasteiger charge is -2.28. The van der Waals surface area contributed by atoms with E-state index in [9.17, 15) is 31.4 Å². The fourth-order valence-corrected chi connectivity index (χ4v) is 2.35. The van der Waals surface area contributed by atoms with Crippen molar-refractivity contribution in [1.29, 1.82) is 0 Å². The summed E-state index contributed by atoms with van der Waals surface area (Å²) in [7, 11) is 0. The molecule has 0 aromatic carbocycles. The highest BCUT2D eigenvalue weighted by molar-refractivity contribution is 4.78. The lowest BCUT2D eigenvalue weighted by atomic mass is 9.83. The first-order chi connectivity index (χ1) is 8.10. The van der Waals surface area contributed by atoms with E-state index in [0.29, 0.717) is 25.7 Å². The summed E-state index contributed by atoms with van der Waals surface area (Å²) in [6.07, 6.45) is -9.97. The quantitative estimate of drug-likeness (QED) is 0.772. The van der Waals surface area contributed by atoms with Gasteiger partial charge in [0.05, 0.1) is 6.10 Å². The van der Waals surface area contributed by atoms with E-state index in [1.807, 2.05) is 0 Å². The van der Waals surface area contributed by atoms with E-state index in [2.05, 4.69) is 0 Å². The third-order valence-electron chi connectivity index (χ3n) is 3.47. The molecule has 0 unspecified atom stereocenters. The minimum absolute atomic E-state index is 0.0869. The number of alkyl halides is 6. The summed E-state index contributed by atoms with van der Waals surface area (Å²) in [5.41, 5.74) is 0. The smallest absolute Gasteiger partial charge is 0.393 e. The predicted octanol–water partition coefficient (Wildman–Crippen LogP) is 4.06. The molecule has 0 aromatic rings. The van der Waals surface area contributed by atoms with Crippen LogP contribution in [0.3, 0.4) is 0 Å². The molecule has 1 fully saturated rings. The minimum Gasteiger partial charge on any atom is -0.393 e. The van der Waals surface area contributed by atoms with E-state index in [0.717, 1.165) is 0 Å². The molecule has 0 heterocycles. The van der Waals surface area contributed by atoms with Gasteiger partial charge in [-0.15, -0.1) is 0 Å². The molecule has 0 amide bonds. The van der Waals surface area contributed by atoms with Crippen LogP contribution in [0.5, 0.6) is 0 Å². The average molecular weight is 278 g/mol. The Labute approximate surface area is 101 Å². The highest BCUT2D eigenvalue weighted by Crippen LogP contribution is 2.43. The zero-order valence-corrected chi connectivity index (χ0v) is 9.69. The summed E-state index contributed by atoms with van der Waals surface area (Å²) in [5, 5.41) is 9.20. The van der Waals surface area contributed by atoms with E-state index < -0.39 is 30.8 Å². The van der Waals surface area contributed by atoms with Crippen LogP contribution in [0.4, 0.5) is 26.3 Å². The lowest BCUT2D eigenvalue weighted by molar-refractivity contribution is -0.286. The number of aliphatic hydroxyl groups is 1. The van der Waals surface area contributed by atoms with Crippen molar-refractivity contribution in [3.05, 3.63) is 0 Å². The molecule has 0 saturated heterocycles. The molecule has 0 spiro atoms. The van der Waals surface area contributed by atoms with Crippen LogP contribution in [0.2, 0.25) is 0 Å². The van der Waals surface area contributed by atoms with Crippen molar-refractivity contribution in [2.75, 3.05) is 0 Å². The van der Waals surface area contributed by atoms with Crippen molar-refractivity contribution < 1.29 is 31.4 Å². The molecule has 0 aliphatic heterocycles. The Morgan fingerprint density at radius 1 is 0.889 bits per heavy atom. The molecule has 1 nitrogen and oxygen atoms in total. The van der Waals surface area contributed by atoms with Gasteiger partial charge >= 0.3 is 12.4 Å². The Morgan fingerprint density at radius 3 is 1.72 bits per heavy atom. The maximum Gasteiger partial charge on any atom is 0.400 e. The van der Waals surface area contributed by atoms with Crippen molar-refractivity contribution >= 4 is 0 Å². The fourth-order valence-electron chi connectivity index (χ4n) is 2.35. The first-order valence-corrected chi connectivity index (χ1v) is 5.92. The van der Waals surface area contributed by atoms with Crippen LogP contribution in [0.15, 0.2) is 0 Å². The summed E-state index contributed by atoms with van der Waals surface area (Å²) >= 11 is 0. The fraction of sp³-hybridized carbons (Fsp3) is 1.00. The maximum absolute atomic E-state index is 12.3. The summed E-state index contributed by atoms with van der Waals surface area (Å²) in [5.74, 6) is -3.36. The number of hydrogen-bond donors (Lipinski definition) is 1. The van der Waals surface area contributed by atoms with Crippen molar-refractivity contribution in [3.8, 4) is 0 Å². The first kappa shape index (κ1) is 15.6. The molecule has 0 radical (unpaired) electrons. The van der Waals surface area contributed by atoms with Crippen molar-refractivity contribution in [1.82, 2.24) is 0 Å². The second-order valence-electron chi connectivity index (χ2n) is 4.89. The standard InChI is InChI=1S/C11H16F6O/c12-10(13,14)9(11(15,16)17)6-3-7-1-4-8(18)5-2-7/h7-9,18H,1-6H2. The number of hydrogen-bond acceptors (Lipinski definition) is 1. The SMILES string of the molecule is OC1CCC(CCC(C(F)(F)F)C(F)(F)F)CC1. The predicted molar refractivity (Wildman–Crippen MR) is 52.8 cm³/mol. The summed E-state index contributed by atoms with van der Waals surface area (Å²) in [4.78, 5) is 0.